The number of nitrogens with one attached hydrogen (secondary N) is 2. The van der Waals surface area contributed by atoms with Gasteiger partial charge in [-0.1, -0.05) is 24.3 Å². The molecule has 0 aliphatic carbocycles. The molecule has 0 aliphatic rings. The molecular weight excluding hydrogens is 455 g/mol. The lowest BCUT2D eigenvalue weighted by molar-refractivity contribution is 0.0953. The van der Waals surface area contributed by atoms with Crippen LogP contribution in [0.2, 0.25) is 0 Å². The summed E-state index contributed by atoms with van der Waals surface area (Å²) in [6.45, 7) is 4.67. The van der Waals surface area contributed by atoms with E-state index in [1.54, 1.807) is 19.1 Å². The predicted molar refractivity (Wildman–Crippen MR) is 130 cm³/mol. The van der Waals surface area contributed by atoms with E-state index in [-0.39, 0.29) is 16.5 Å². The molecule has 0 saturated heterocycles. The van der Waals surface area contributed by atoms with Crippen LogP contribution in [0.15, 0.2) is 71.6 Å². The number of benzene rings is 3. The van der Waals surface area contributed by atoms with Crippen LogP contribution >= 0.6 is 0 Å². The smallest absolute Gasteiger partial charge is 0.261 e. The fourth-order valence-electron chi connectivity index (χ4n) is 3.70. The van der Waals surface area contributed by atoms with E-state index < -0.39 is 15.8 Å². The molecule has 0 unspecified atom stereocenters. The summed E-state index contributed by atoms with van der Waals surface area (Å²) in [5.74, 6) is 0.00509. The van der Waals surface area contributed by atoms with Crippen molar-refractivity contribution in [3.05, 3.63) is 89.5 Å². The fourth-order valence-corrected chi connectivity index (χ4v) is 4.76. The lowest BCUT2D eigenvalue weighted by Gasteiger charge is -2.11. The lowest BCUT2D eigenvalue weighted by Crippen LogP contribution is -2.25. The number of aromatic nitrogens is 2. The Bertz CT molecular complexity index is 1460. The minimum Gasteiger partial charge on any atom is -0.352 e. The molecule has 2 N–H and O–H groups in total. The number of anilines is 1. The summed E-state index contributed by atoms with van der Waals surface area (Å²) < 4.78 is 43.5. The van der Waals surface area contributed by atoms with Crippen molar-refractivity contribution < 1.29 is 17.6 Å². The number of amides is 1. The normalized spacial score (nSPS) is 11.5. The average Bonchev–Trinajstić information content (AvgIpc) is 3.13. The molecule has 7 nitrogen and oxygen atoms in total. The van der Waals surface area contributed by atoms with Gasteiger partial charge in [-0.25, -0.2) is 17.8 Å². The number of hydrogen-bond donors (Lipinski definition) is 2. The molecule has 3 aromatic carbocycles. The van der Waals surface area contributed by atoms with Gasteiger partial charge in [-0.2, -0.15) is 0 Å². The highest BCUT2D eigenvalue weighted by Crippen LogP contribution is 2.20. The third kappa shape index (κ3) is 5.09. The summed E-state index contributed by atoms with van der Waals surface area (Å²) in [6, 6.07) is 17.8. The van der Waals surface area contributed by atoms with Gasteiger partial charge in [0.25, 0.3) is 15.9 Å². The third-order valence-electron chi connectivity index (χ3n) is 5.52. The van der Waals surface area contributed by atoms with Gasteiger partial charge in [0.15, 0.2) is 0 Å². The molecule has 4 rings (SSSR count). The van der Waals surface area contributed by atoms with Crippen molar-refractivity contribution in [1.29, 1.82) is 0 Å². The molecule has 0 aliphatic heterocycles. The Labute approximate surface area is 197 Å². The Morgan fingerprint density at radius 1 is 1.03 bits per heavy atom. The van der Waals surface area contributed by atoms with Gasteiger partial charge < -0.3 is 9.88 Å². The van der Waals surface area contributed by atoms with Crippen molar-refractivity contribution in [3.8, 4) is 0 Å². The van der Waals surface area contributed by atoms with Gasteiger partial charge in [-0.05, 0) is 68.3 Å². The third-order valence-corrected chi connectivity index (χ3v) is 6.90. The first kappa shape index (κ1) is 23.4. The number of para-hydroxylation sites is 2. The van der Waals surface area contributed by atoms with Crippen molar-refractivity contribution in [2.75, 3.05) is 11.3 Å². The average molecular weight is 481 g/mol. The zero-order valence-electron chi connectivity index (χ0n) is 18.9. The zero-order chi connectivity index (χ0) is 24.3. The monoisotopic (exact) mass is 480 g/mol. The van der Waals surface area contributed by atoms with Crippen molar-refractivity contribution in [3.63, 3.8) is 0 Å². The summed E-state index contributed by atoms with van der Waals surface area (Å²) in [5, 5.41) is 2.86. The molecular formula is C25H25FN4O3S. The quantitative estimate of drug-likeness (QED) is 0.365. The number of hydrogen-bond acceptors (Lipinski definition) is 4. The van der Waals surface area contributed by atoms with Crippen molar-refractivity contribution in [2.24, 2.45) is 0 Å². The van der Waals surface area contributed by atoms with Crippen LogP contribution in [-0.4, -0.2) is 30.4 Å². The van der Waals surface area contributed by atoms with Crippen LogP contribution < -0.4 is 10.0 Å². The SMILES string of the molecule is Cc1ccc(S(=O)(=O)Nc2cccc(C(=O)NCCCn3c(C)nc4ccccc43)c2)cc1F. The number of rotatable bonds is 8. The molecule has 0 spiro atoms. The van der Waals surface area contributed by atoms with Crippen LogP contribution in [0.3, 0.4) is 0 Å². The maximum Gasteiger partial charge on any atom is 0.261 e. The molecule has 1 aromatic heterocycles. The molecule has 34 heavy (non-hydrogen) atoms. The largest absolute Gasteiger partial charge is 0.352 e. The second kappa shape index (κ2) is 9.64. The van der Waals surface area contributed by atoms with Crippen molar-refractivity contribution >= 4 is 32.7 Å². The highest BCUT2D eigenvalue weighted by molar-refractivity contribution is 7.92. The van der Waals surface area contributed by atoms with Crippen LogP contribution in [0.4, 0.5) is 10.1 Å². The molecule has 9 heteroatoms. The van der Waals surface area contributed by atoms with E-state index in [9.17, 15) is 17.6 Å². The Kier molecular flexibility index (Phi) is 6.65. The standard InChI is InChI=1S/C25H25FN4O3S/c1-17-11-12-21(16-22(17)26)34(32,33)29-20-8-5-7-19(15-20)25(31)27-13-6-14-30-18(2)28-23-9-3-4-10-24(23)30/h3-5,7-12,15-16,29H,6,13-14H2,1-2H3,(H,27,31). The van der Waals surface area contributed by atoms with Gasteiger partial charge in [-0.3, -0.25) is 9.52 Å². The molecule has 0 bridgehead atoms. The summed E-state index contributed by atoms with van der Waals surface area (Å²) in [7, 11) is -3.99. The highest BCUT2D eigenvalue weighted by Gasteiger charge is 2.17. The summed E-state index contributed by atoms with van der Waals surface area (Å²) in [4.78, 5) is 17.0. The predicted octanol–water partition coefficient (Wildman–Crippen LogP) is 4.41. The summed E-state index contributed by atoms with van der Waals surface area (Å²) >= 11 is 0. The van der Waals surface area contributed by atoms with Crippen LogP contribution in [0, 0.1) is 19.7 Å². The number of imidazole rings is 1. The topological polar surface area (TPSA) is 93.1 Å². The first-order valence-corrected chi connectivity index (χ1v) is 12.3. The second-order valence-electron chi connectivity index (χ2n) is 8.01. The molecule has 4 aromatic rings. The Balaban J connectivity index is 1.37. The van der Waals surface area contributed by atoms with E-state index in [0.29, 0.717) is 30.6 Å². The van der Waals surface area contributed by atoms with Crippen LogP contribution in [0.1, 0.15) is 28.2 Å². The number of halogens is 1. The van der Waals surface area contributed by atoms with Crippen LogP contribution in [-0.2, 0) is 16.6 Å². The van der Waals surface area contributed by atoms with Gasteiger partial charge in [0.05, 0.1) is 15.9 Å². The van der Waals surface area contributed by atoms with Gasteiger partial charge in [-0.15, -0.1) is 0 Å². The first-order chi connectivity index (χ1) is 16.2. The molecule has 0 fully saturated rings. The van der Waals surface area contributed by atoms with Crippen molar-refractivity contribution in [1.82, 2.24) is 14.9 Å². The maximum atomic E-state index is 13.8. The van der Waals surface area contributed by atoms with Gasteiger partial charge in [0, 0.05) is 24.3 Å². The number of fused-ring (bicyclic) bond motifs is 1. The number of carbonyl (C=O) groups excluding carboxylic acids is 1. The summed E-state index contributed by atoms with van der Waals surface area (Å²) in [5.41, 5.74) is 2.89. The first-order valence-electron chi connectivity index (χ1n) is 10.8. The Morgan fingerprint density at radius 3 is 2.62 bits per heavy atom. The van der Waals surface area contributed by atoms with E-state index in [0.717, 1.165) is 22.9 Å². The molecule has 1 heterocycles. The van der Waals surface area contributed by atoms with E-state index in [1.165, 1.54) is 24.3 Å². The number of aryl methyl sites for hydroxylation is 3. The van der Waals surface area contributed by atoms with E-state index in [1.807, 2.05) is 31.2 Å². The van der Waals surface area contributed by atoms with Crippen LogP contribution in [0.25, 0.3) is 11.0 Å². The number of sulfonamides is 1. The van der Waals surface area contributed by atoms with Gasteiger partial charge in [0.1, 0.15) is 11.6 Å². The molecule has 0 saturated carbocycles. The second-order valence-corrected chi connectivity index (χ2v) is 9.69. The fraction of sp³-hybridized carbons (Fsp3) is 0.200. The molecule has 0 atom stereocenters. The van der Waals surface area contributed by atoms with Gasteiger partial charge in [0.2, 0.25) is 0 Å². The van der Waals surface area contributed by atoms with E-state index >= 15 is 0 Å². The lowest BCUT2D eigenvalue weighted by atomic mass is 10.2. The molecule has 1 amide bonds. The summed E-state index contributed by atoms with van der Waals surface area (Å²) in [6.07, 6.45) is 0.707. The number of carbonyl (C=O) groups is 1. The van der Waals surface area contributed by atoms with E-state index in [2.05, 4.69) is 19.6 Å². The van der Waals surface area contributed by atoms with Gasteiger partial charge >= 0.3 is 0 Å². The van der Waals surface area contributed by atoms with E-state index in [4.69, 9.17) is 0 Å². The number of nitrogens with zero attached hydrogens (tertiary/aromatic N) is 2. The molecule has 0 radical (unpaired) electrons. The maximum absolute atomic E-state index is 13.8. The minimum absolute atomic E-state index is 0.187. The Hall–Kier alpha value is -3.72. The molecule has 176 valence electrons. The zero-order valence-corrected chi connectivity index (χ0v) is 19.7. The Morgan fingerprint density at radius 2 is 1.82 bits per heavy atom. The van der Waals surface area contributed by atoms with Crippen molar-refractivity contribution in [2.45, 2.75) is 31.7 Å². The van der Waals surface area contributed by atoms with Crippen LogP contribution in [0.5, 0.6) is 0 Å². The minimum atomic E-state index is -3.99. The highest BCUT2D eigenvalue weighted by atomic mass is 32.2.